The van der Waals surface area contributed by atoms with Gasteiger partial charge >= 0.3 is 0 Å². The number of hydrogen-bond donors (Lipinski definition) is 1. The molecule has 18 heavy (non-hydrogen) atoms. The third kappa shape index (κ3) is 3.38. The molecule has 6 heteroatoms. The number of methoxy groups -OCH3 is 1. The van der Waals surface area contributed by atoms with E-state index < -0.39 is 0 Å². The van der Waals surface area contributed by atoms with Crippen LogP contribution in [-0.4, -0.2) is 23.9 Å². The van der Waals surface area contributed by atoms with Gasteiger partial charge in [0, 0.05) is 18.0 Å². The minimum absolute atomic E-state index is 0.360. The number of halogens is 1. The summed E-state index contributed by atoms with van der Waals surface area (Å²) in [5.41, 5.74) is 6.92. The minimum atomic E-state index is -0.376. The highest BCUT2D eigenvalue weighted by Crippen LogP contribution is 2.15. The van der Waals surface area contributed by atoms with Gasteiger partial charge in [0.25, 0.3) is 0 Å². The molecule has 2 aromatic rings. The summed E-state index contributed by atoms with van der Waals surface area (Å²) in [6.45, 7) is 0.360. The zero-order valence-electron chi connectivity index (χ0n) is 9.97. The highest BCUT2D eigenvalue weighted by Gasteiger charge is 2.14. The summed E-state index contributed by atoms with van der Waals surface area (Å²) < 4.78 is 11.1. The number of ether oxygens (including phenoxy) is 1. The second-order valence-corrected chi connectivity index (χ2v) is 4.83. The summed E-state index contributed by atoms with van der Waals surface area (Å²) in [4.78, 5) is 4.26. The van der Waals surface area contributed by atoms with Crippen molar-refractivity contribution in [2.45, 2.75) is 12.5 Å². The van der Waals surface area contributed by atoms with Crippen LogP contribution < -0.4 is 5.73 Å². The molecule has 1 heterocycles. The van der Waals surface area contributed by atoms with E-state index in [1.807, 2.05) is 24.3 Å². The van der Waals surface area contributed by atoms with Crippen LogP contribution in [-0.2, 0) is 11.2 Å². The lowest BCUT2D eigenvalue weighted by atomic mass is 10.1. The van der Waals surface area contributed by atoms with Gasteiger partial charge in [0.2, 0.25) is 5.89 Å². The van der Waals surface area contributed by atoms with Crippen LogP contribution in [0.2, 0.25) is 0 Å². The monoisotopic (exact) mass is 311 g/mol. The average molecular weight is 312 g/mol. The normalized spacial score (nSPS) is 12.6. The van der Waals surface area contributed by atoms with Crippen LogP contribution in [0, 0.1) is 0 Å². The Hall–Kier alpha value is -1.24. The number of rotatable bonds is 5. The van der Waals surface area contributed by atoms with Crippen LogP contribution in [0.5, 0.6) is 0 Å². The second-order valence-electron chi connectivity index (χ2n) is 3.92. The van der Waals surface area contributed by atoms with Gasteiger partial charge in [0.05, 0.1) is 6.61 Å². The average Bonchev–Trinajstić information content (AvgIpc) is 2.78. The summed E-state index contributed by atoms with van der Waals surface area (Å²) in [5, 5.41) is 3.91. The van der Waals surface area contributed by atoms with Gasteiger partial charge in [-0.3, -0.25) is 0 Å². The molecule has 0 bridgehead atoms. The van der Waals surface area contributed by atoms with Crippen molar-refractivity contribution >= 4 is 15.9 Å². The van der Waals surface area contributed by atoms with E-state index in [9.17, 15) is 0 Å². The minimum Gasteiger partial charge on any atom is -0.383 e. The van der Waals surface area contributed by atoms with Crippen molar-refractivity contribution in [3.63, 3.8) is 0 Å². The van der Waals surface area contributed by atoms with E-state index in [0.717, 1.165) is 10.0 Å². The molecule has 1 atom stereocenters. The second kappa shape index (κ2) is 6.08. The van der Waals surface area contributed by atoms with Crippen molar-refractivity contribution in [1.29, 1.82) is 0 Å². The topological polar surface area (TPSA) is 74.2 Å². The number of nitrogens with two attached hydrogens (primary N) is 1. The fourth-order valence-electron chi connectivity index (χ4n) is 1.57. The molecule has 0 aliphatic heterocycles. The summed E-state index contributed by atoms with van der Waals surface area (Å²) in [6.07, 6.45) is 0.614. The highest BCUT2D eigenvalue weighted by atomic mass is 79.9. The molecule has 0 saturated heterocycles. The third-order valence-electron chi connectivity index (χ3n) is 2.40. The maximum absolute atomic E-state index is 5.81. The van der Waals surface area contributed by atoms with Gasteiger partial charge in [0.1, 0.15) is 6.04 Å². The maximum atomic E-state index is 5.81. The first kappa shape index (κ1) is 13.2. The molecular formula is C12H14BrN3O2. The van der Waals surface area contributed by atoms with E-state index in [4.69, 9.17) is 15.0 Å². The van der Waals surface area contributed by atoms with Crippen LogP contribution in [0.3, 0.4) is 0 Å². The Morgan fingerprint density at radius 1 is 1.50 bits per heavy atom. The van der Waals surface area contributed by atoms with Crippen LogP contribution in [0.4, 0.5) is 0 Å². The van der Waals surface area contributed by atoms with E-state index in [-0.39, 0.29) is 6.04 Å². The zero-order valence-corrected chi connectivity index (χ0v) is 11.6. The van der Waals surface area contributed by atoms with Crippen molar-refractivity contribution in [3.05, 3.63) is 46.0 Å². The van der Waals surface area contributed by atoms with Crippen molar-refractivity contribution in [3.8, 4) is 0 Å². The Morgan fingerprint density at radius 2 is 2.33 bits per heavy atom. The molecule has 0 aliphatic carbocycles. The Balaban J connectivity index is 2.06. The molecule has 96 valence electrons. The van der Waals surface area contributed by atoms with Gasteiger partial charge < -0.3 is 15.0 Å². The zero-order chi connectivity index (χ0) is 13.0. The SMILES string of the molecule is COCC(N)c1nc(Cc2cccc(Br)c2)no1. The van der Waals surface area contributed by atoms with E-state index in [2.05, 4.69) is 26.1 Å². The molecule has 1 aromatic carbocycles. The molecule has 0 spiro atoms. The molecule has 1 aromatic heterocycles. The lowest BCUT2D eigenvalue weighted by molar-refractivity contribution is 0.166. The van der Waals surface area contributed by atoms with E-state index in [1.165, 1.54) is 0 Å². The van der Waals surface area contributed by atoms with Crippen molar-refractivity contribution in [2.75, 3.05) is 13.7 Å². The van der Waals surface area contributed by atoms with Gasteiger partial charge in [-0.1, -0.05) is 33.2 Å². The summed E-state index contributed by atoms with van der Waals surface area (Å²) in [7, 11) is 1.58. The number of benzene rings is 1. The predicted octanol–water partition coefficient (Wildman–Crippen LogP) is 2.07. The highest BCUT2D eigenvalue weighted by molar-refractivity contribution is 9.10. The Bertz CT molecular complexity index is 516. The van der Waals surface area contributed by atoms with Gasteiger partial charge in [-0.2, -0.15) is 4.98 Å². The van der Waals surface area contributed by atoms with E-state index in [1.54, 1.807) is 7.11 Å². The van der Waals surface area contributed by atoms with E-state index in [0.29, 0.717) is 24.7 Å². The first-order valence-corrected chi connectivity index (χ1v) is 6.30. The molecule has 0 aliphatic rings. The number of hydrogen-bond acceptors (Lipinski definition) is 5. The molecule has 2 N–H and O–H groups in total. The third-order valence-corrected chi connectivity index (χ3v) is 2.89. The van der Waals surface area contributed by atoms with Gasteiger partial charge in [-0.05, 0) is 17.7 Å². The quantitative estimate of drug-likeness (QED) is 0.915. The largest absolute Gasteiger partial charge is 0.383 e. The molecule has 5 nitrogen and oxygen atoms in total. The van der Waals surface area contributed by atoms with Crippen LogP contribution in [0.15, 0.2) is 33.3 Å². The number of nitrogens with zero attached hydrogens (tertiary/aromatic N) is 2. The molecule has 0 fully saturated rings. The Kier molecular flexibility index (Phi) is 4.46. The van der Waals surface area contributed by atoms with Crippen LogP contribution >= 0.6 is 15.9 Å². The fraction of sp³-hybridized carbons (Fsp3) is 0.333. The smallest absolute Gasteiger partial charge is 0.245 e. The standard InChI is InChI=1S/C12H14BrN3O2/c1-17-7-10(14)12-15-11(16-18-12)6-8-3-2-4-9(13)5-8/h2-5,10H,6-7,14H2,1H3. The lowest BCUT2D eigenvalue weighted by Crippen LogP contribution is -2.16. The van der Waals surface area contributed by atoms with Gasteiger partial charge in [0.15, 0.2) is 5.82 Å². The lowest BCUT2D eigenvalue weighted by Gasteiger charge is -2.02. The van der Waals surface area contributed by atoms with Crippen molar-refractivity contribution < 1.29 is 9.26 Å². The van der Waals surface area contributed by atoms with Crippen LogP contribution in [0.1, 0.15) is 23.3 Å². The fourth-order valence-corrected chi connectivity index (χ4v) is 2.02. The van der Waals surface area contributed by atoms with E-state index >= 15 is 0 Å². The maximum Gasteiger partial charge on any atom is 0.245 e. The summed E-state index contributed by atoms with van der Waals surface area (Å²) >= 11 is 3.42. The Labute approximate surface area is 113 Å². The predicted molar refractivity (Wildman–Crippen MR) is 70.1 cm³/mol. The van der Waals surface area contributed by atoms with Gasteiger partial charge in [-0.15, -0.1) is 0 Å². The van der Waals surface area contributed by atoms with Crippen molar-refractivity contribution in [2.24, 2.45) is 5.73 Å². The first-order chi connectivity index (χ1) is 8.69. The van der Waals surface area contributed by atoms with Crippen LogP contribution in [0.25, 0.3) is 0 Å². The first-order valence-electron chi connectivity index (χ1n) is 5.50. The summed E-state index contributed by atoms with van der Waals surface area (Å²) in [5.74, 6) is 1.02. The Morgan fingerprint density at radius 3 is 3.06 bits per heavy atom. The van der Waals surface area contributed by atoms with Crippen molar-refractivity contribution in [1.82, 2.24) is 10.1 Å². The molecule has 0 saturated carbocycles. The molecule has 1 unspecified atom stereocenters. The van der Waals surface area contributed by atoms with Gasteiger partial charge in [-0.25, -0.2) is 0 Å². The molecule has 2 rings (SSSR count). The number of aromatic nitrogens is 2. The summed E-state index contributed by atoms with van der Waals surface area (Å²) in [6, 6.07) is 7.59. The molecule has 0 radical (unpaired) electrons. The molecular weight excluding hydrogens is 298 g/mol. The molecule has 0 amide bonds.